The summed E-state index contributed by atoms with van der Waals surface area (Å²) < 4.78 is 0. The number of nitriles is 1. The summed E-state index contributed by atoms with van der Waals surface area (Å²) in [6.45, 7) is 7.93. The number of likely N-dealkylation sites (N-methyl/N-ethyl adjacent to an activating group) is 1. The molecule has 0 saturated heterocycles. The zero-order chi connectivity index (χ0) is 8.69. The van der Waals surface area contributed by atoms with Crippen LogP contribution in [0.15, 0.2) is 12.2 Å². The van der Waals surface area contributed by atoms with Crippen LogP contribution in [0.1, 0.15) is 20.8 Å². The highest BCUT2D eigenvalue weighted by Crippen LogP contribution is 1.98. The molecule has 1 atom stereocenters. The summed E-state index contributed by atoms with van der Waals surface area (Å²) in [7, 11) is 0. The van der Waals surface area contributed by atoms with Crippen LogP contribution in [0, 0.1) is 11.3 Å². The van der Waals surface area contributed by atoms with Gasteiger partial charge >= 0.3 is 0 Å². The lowest BCUT2D eigenvalue weighted by atomic mass is 10.2. The first-order chi connectivity index (χ1) is 5.29. The maximum atomic E-state index is 8.75. The minimum atomic E-state index is -0.0463. The third-order valence-electron chi connectivity index (χ3n) is 1.71. The van der Waals surface area contributed by atoms with Crippen LogP contribution >= 0.6 is 0 Å². The van der Waals surface area contributed by atoms with Crippen LogP contribution in [0.5, 0.6) is 0 Å². The number of allylic oxidation sites excluding steroid dienone is 1. The summed E-state index contributed by atoms with van der Waals surface area (Å²) >= 11 is 0. The first kappa shape index (κ1) is 10.2. The number of hydrogen-bond donors (Lipinski definition) is 0. The molecule has 0 N–H and O–H groups in total. The van der Waals surface area contributed by atoms with Crippen LogP contribution in [-0.4, -0.2) is 24.0 Å². The molecule has 0 aromatic rings. The smallest absolute Gasteiger partial charge is 0.116 e. The molecule has 2 nitrogen and oxygen atoms in total. The molecule has 0 bridgehead atoms. The van der Waals surface area contributed by atoms with Gasteiger partial charge in [-0.05, 0) is 20.0 Å². The van der Waals surface area contributed by atoms with Crippen LogP contribution in [-0.2, 0) is 0 Å². The molecule has 0 rings (SSSR count). The van der Waals surface area contributed by atoms with Gasteiger partial charge in [0.2, 0.25) is 0 Å². The van der Waals surface area contributed by atoms with Gasteiger partial charge in [0, 0.05) is 0 Å². The molecule has 0 aliphatic carbocycles. The summed E-state index contributed by atoms with van der Waals surface area (Å²) in [6.07, 6.45) is 3.85. The molecule has 0 radical (unpaired) electrons. The van der Waals surface area contributed by atoms with Crippen molar-refractivity contribution in [2.75, 3.05) is 13.1 Å². The van der Waals surface area contributed by atoms with Crippen molar-refractivity contribution < 1.29 is 0 Å². The predicted molar refractivity (Wildman–Crippen MR) is 47.1 cm³/mol. The van der Waals surface area contributed by atoms with E-state index in [-0.39, 0.29) is 6.04 Å². The van der Waals surface area contributed by atoms with E-state index in [4.69, 9.17) is 5.26 Å². The lowest BCUT2D eigenvalue weighted by Crippen LogP contribution is -2.32. The lowest BCUT2D eigenvalue weighted by molar-refractivity contribution is 0.293. The standard InChI is InChI=1S/C9H16N2/c1-4-7-9(8-10)11(5-2)6-3/h4,7,9H,5-6H2,1-3H3. The van der Waals surface area contributed by atoms with E-state index >= 15 is 0 Å². The SMILES string of the molecule is CC=CC(C#N)N(CC)CC. The van der Waals surface area contributed by atoms with Gasteiger partial charge in [0.25, 0.3) is 0 Å². The molecule has 62 valence electrons. The van der Waals surface area contributed by atoms with Gasteiger partial charge in [-0.2, -0.15) is 5.26 Å². The summed E-state index contributed by atoms with van der Waals surface area (Å²) in [6, 6.07) is 2.20. The quantitative estimate of drug-likeness (QED) is 0.574. The van der Waals surface area contributed by atoms with Crippen molar-refractivity contribution >= 4 is 0 Å². The van der Waals surface area contributed by atoms with Gasteiger partial charge < -0.3 is 0 Å². The minimum absolute atomic E-state index is 0.0463. The lowest BCUT2D eigenvalue weighted by Gasteiger charge is -2.20. The van der Waals surface area contributed by atoms with E-state index in [0.29, 0.717) is 0 Å². The largest absolute Gasteiger partial charge is 0.285 e. The second-order valence-electron chi connectivity index (χ2n) is 2.32. The van der Waals surface area contributed by atoms with Crippen molar-refractivity contribution in [3.63, 3.8) is 0 Å². The van der Waals surface area contributed by atoms with Gasteiger partial charge in [-0.1, -0.05) is 26.0 Å². The number of nitrogens with zero attached hydrogens (tertiary/aromatic N) is 2. The Labute approximate surface area is 69.1 Å². The molecule has 0 aromatic carbocycles. The Morgan fingerprint density at radius 1 is 1.45 bits per heavy atom. The fraction of sp³-hybridized carbons (Fsp3) is 0.667. The van der Waals surface area contributed by atoms with Crippen LogP contribution in [0.25, 0.3) is 0 Å². The van der Waals surface area contributed by atoms with Gasteiger partial charge in [0.1, 0.15) is 6.04 Å². The fourth-order valence-corrected chi connectivity index (χ4v) is 1.05. The Kier molecular flexibility index (Phi) is 5.50. The predicted octanol–water partition coefficient (Wildman–Crippen LogP) is 1.80. The van der Waals surface area contributed by atoms with Gasteiger partial charge in [-0.25, -0.2) is 0 Å². The summed E-state index contributed by atoms with van der Waals surface area (Å²) in [5.41, 5.74) is 0. The maximum Gasteiger partial charge on any atom is 0.116 e. The van der Waals surface area contributed by atoms with E-state index in [0.717, 1.165) is 13.1 Å². The van der Waals surface area contributed by atoms with Crippen LogP contribution in [0.2, 0.25) is 0 Å². The molecule has 2 heteroatoms. The van der Waals surface area contributed by atoms with Crippen molar-refractivity contribution in [3.8, 4) is 6.07 Å². The first-order valence-electron chi connectivity index (χ1n) is 4.06. The molecule has 0 aliphatic heterocycles. The Morgan fingerprint density at radius 3 is 2.27 bits per heavy atom. The van der Waals surface area contributed by atoms with E-state index < -0.39 is 0 Å². The van der Waals surface area contributed by atoms with Gasteiger partial charge in [0.15, 0.2) is 0 Å². The molecule has 0 aliphatic rings. The summed E-state index contributed by atoms with van der Waals surface area (Å²) in [4.78, 5) is 2.11. The van der Waals surface area contributed by atoms with Crippen LogP contribution in [0.3, 0.4) is 0 Å². The second-order valence-corrected chi connectivity index (χ2v) is 2.32. The van der Waals surface area contributed by atoms with Crippen molar-refractivity contribution in [3.05, 3.63) is 12.2 Å². The molecule has 0 spiro atoms. The molecule has 0 saturated carbocycles. The van der Waals surface area contributed by atoms with Crippen molar-refractivity contribution in [1.29, 1.82) is 5.26 Å². The molecular formula is C9H16N2. The van der Waals surface area contributed by atoms with E-state index in [1.807, 2.05) is 19.1 Å². The highest BCUT2D eigenvalue weighted by Gasteiger charge is 2.09. The zero-order valence-electron chi connectivity index (χ0n) is 7.54. The number of hydrogen-bond acceptors (Lipinski definition) is 2. The van der Waals surface area contributed by atoms with E-state index in [2.05, 4.69) is 24.8 Å². The second kappa shape index (κ2) is 5.94. The molecule has 0 amide bonds. The maximum absolute atomic E-state index is 8.75. The van der Waals surface area contributed by atoms with Crippen molar-refractivity contribution in [2.24, 2.45) is 0 Å². The Balaban J connectivity index is 4.12. The summed E-state index contributed by atoms with van der Waals surface area (Å²) in [5, 5.41) is 8.75. The topological polar surface area (TPSA) is 27.0 Å². The number of rotatable bonds is 4. The molecule has 0 aromatic heterocycles. The van der Waals surface area contributed by atoms with Gasteiger partial charge in [0.05, 0.1) is 6.07 Å². The molecule has 1 unspecified atom stereocenters. The third-order valence-corrected chi connectivity index (χ3v) is 1.71. The first-order valence-corrected chi connectivity index (χ1v) is 4.06. The van der Waals surface area contributed by atoms with E-state index in [9.17, 15) is 0 Å². The van der Waals surface area contributed by atoms with Crippen molar-refractivity contribution in [2.45, 2.75) is 26.8 Å². The molecule has 0 heterocycles. The Morgan fingerprint density at radius 2 is 2.00 bits per heavy atom. The fourth-order valence-electron chi connectivity index (χ4n) is 1.05. The van der Waals surface area contributed by atoms with E-state index in [1.54, 1.807) is 0 Å². The Bertz CT molecular complexity index is 151. The minimum Gasteiger partial charge on any atom is -0.285 e. The highest BCUT2D eigenvalue weighted by molar-refractivity contribution is 5.05. The summed E-state index contributed by atoms with van der Waals surface area (Å²) in [5.74, 6) is 0. The average molecular weight is 152 g/mol. The average Bonchev–Trinajstić information content (AvgIpc) is 2.05. The molecular weight excluding hydrogens is 136 g/mol. The monoisotopic (exact) mass is 152 g/mol. The van der Waals surface area contributed by atoms with Gasteiger partial charge in [-0.3, -0.25) is 4.90 Å². The molecule has 0 fully saturated rings. The highest BCUT2D eigenvalue weighted by atomic mass is 15.1. The normalized spacial score (nSPS) is 13.7. The van der Waals surface area contributed by atoms with Crippen LogP contribution in [0.4, 0.5) is 0 Å². The zero-order valence-corrected chi connectivity index (χ0v) is 7.54. The van der Waals surface area contributed by atoms with E-state index in [1.165, 1.54) is 0 Å². The molecule has 11 heavy (non-hydrogen) atoms. The van der Waals surface area contributed by atoms with Gasteiger partial charge in [-0.15, -0.1) is 0 Å². The Hall–Kier alpha value is -0.810. The third kappa shape index (κ3) is 3.20. The van der Waals surface area contributed by atoms with Crippen LogP contribution < -0.4 is 0 Å². The van der Waals surface area contributed by atoms with Crippen molar-refractivity contribution in [1.82, 2.24) is 4.90 Å².